The topological polar surface area (TPSA) is 61.2 Å². The van der Waals surface area contributed by atoms with Crippen LogP contribution >= 0.6 is 11.3 Å². The highest BCUT2D eigenvalue weighted by molar-refractivity contribution is 7.18. The summed E-state index contributed by atoms with van der Waals surface area (Å²) in [5.41, 5.74) is -1.24. The van der Waals surface area contributed by atoms with Gasteiger partial charge in [0.25, 0.3) is 5.56 Å². The number of thiophene rings is 1. The summed E-state index contributed by atoms with van der Waals surface area (Å²) >= 11 is 1.55. The van der Waals surface area contributed by atoms with Crippen molar-refractivity contribution in [2.24, 2.45) is 0 Å². The second-order valence-electron chi connectivity index (χ2n) is 5.98. The van der Waals surface area contributed by atoms with Gasteiger partial charge in [0.15, 0.2) is 0 Å². The van der Waals surface area contributed by atoms with Gasteiger partial charge in [-0.15, -0.1) is 11.3 Å². The Morgan fingerprint density at radius 1 is 1.35 bits per heavy atom. The molecule has 0 aliphatic rings. The lowest BCUT2D eigenvalue weighted by Gasteiger charge is -2.27. The Balaban J connectivity index is 2.74. The molecule has 0 spiro atoms. The third kappa shape index (κ3) is 3.17. The molecule has 6 heteroatoms. The van der Waals surface area contributed by atoms with Gasteiger partial charge in [0.05, 0.1) is 12.0 Å². The Morgan fingerprint density at radius 2 is 2.04 bits per heavy atom. The molecule has 0 aliphatic heterocycles. The summed E-state index contributed by atoms with van der Waals surface area (Å²) in [6.45, 7) is 9.56. The van der Waals surface area contributed by atoms with Crippen molar-refractivity contribution < 1.29 is 9.53 Å². The van der Waals surface area contributed by atoms with Gasteiger partial charge >= 0.3 is 5.97 Å². The van der Waals surface area contributed by atoms with Crippen molar-refractivity contribution in [3.8, 4) is 0 Å². The molecule has 2 heterocycles. The highest BCUT2D eigenvalue weighted by Gasteiger charge is 2.35. The summed E-state index contributed by atoms with van der Waals surface area (Å²) in [4.78, 5) is 32.0. The minimum atomic E-state index is -1.08. The van der Waals surface area contributed by atoms with Crippen LogP contribution in [-0.4, -0.2) is 22.1 Å². The molecule has 2 aromatic rings. The molecule has 23 heavy (non-hydrogen) atoms. The maximum absolute atomic E-state index is 13.0. The predicted octanol–water partition coefficient (Wildman–Crippen LogP) is 3.27. The smallest absolute Gasteiger partial charge is 0.331 e. The fourth-order valence-electron chi connectivity index (χ4n) is 2.61. The van der Waals surface area contributed by atoms with Gasteiger partial charge in [0.2, 0.25) is 0 Å². The molecule has 0 atom stereocenters. The molecule has 2 rings (SSSR count). The van der Waals surface area contributed by atoms with Crippen molar-refractivity contribution >= 4 is 27.5 Å². The minimum absolute atomic E-state index is 0.160. The maximum atomic E-state index is 13.0. The van der Waals surface area contributed by atoms with Crippen LogP contribution in [0, 0.1) is 0 Å². The van der Waals surface area contributed by atoms with Gasteiger partial charge in [-0.1, -0.05) is 13.8 Å². The van der Waals surface area contributed by atoms with Crippen molar-refractivity contribution in [1.29, 1.82) is 0 Å². The standard InChI is InChI=1S/C17H24N2O3S/c1-6-9-13-18-14-12(10-11(7-2)23-14)15(20)19(13)17(4,5)16(21)22-8-3/h10H,6-9H2,1-5H3. The van der Waals surface area contributed by atoms with Crippen LogP contribution in [0.4, 0.5) is 0 Å². The molecule has 2 aromatic heterocycles. The van der Waals surface area contributed by atoms with Crippen molar-refractivity contribution in [1.82, 2.24) is 9.55 Å². The molecule has 126 valence electrons. The maximum Gasteiger partial charge on any atom is 0.331 e. The van der Waals surface area contributed by atoms with Crippen LogP contribution in [0.25, 0.3) is 10.2 Å². The van der Waals surface area contributed by atoms with Crippen LogP contribution in [0.15, 0.2) is 10.9 Å². The summed E-state index contributed by atoms with van der Waals surface area (Å²) in [6.07, 6.45) is 2.36. The van der Waals surface area contributed by atoms with E-state index in [2.05, 4.69) is 11.9 Å². The van der Waals surface area contributed by atoms with Crippen LogP contribution in [0.3, 0.4) is 0 Å². The fourth-order valence-corrected chi connectivity index (χ4v) is 3.59. The monoisotopic (exact) mass is 336 g/mol. The zero-order chi connectivity index (χ0) is 17.2. The lowest BCUT2D eigenvalue weighted by molar-refractivity contribution is -0.152. The number of rotatable bonds is 6. The SMILES string of the molecule is CCCc1nc2sc(CC)cc2c(=O)n1C(C)(C)C(=O)OCC. The van der Waals surface area contributed by atoms with E-state index in [1.54, 1.807) is 32.1 Å². The van der Waals surface area contributed by atoms with Crippen molar-refractivity contribution in [3.05, 3.63) is 27.1 Å². The summed E-state index contributed by atoms with van der Waals surface area (Å²) in [6, 6.07) is 1.89. The van der Waals surface area contributed by atoms with E-state index >= 15 is 0 Å². The van der Waals surface area contributed by atoms with Crippen LogP contribution in [0.5, 0.6) is 0 Å². The van der Waals surface area contributed by atoms with E-state index in [1.807, 2.05) is 13.0 Å². The van der Waals surface area contributed by atoms with E-state index in [1.165, 1.54) is 4.57 Å². The zero-order valence-corrected chi connectivity index (χ0v) is 15.2. The van der Waals surface area contributed by atoms with Crippen molar-refractivity contribution in [2.45, 2.75) is 59.4 Å². The molecule has 0 amide bonds. The number of carbonyl (C=O) groups is 1. The quantitative estimate of drug-likeness (QED) is 0.760. The van der Waals surface area contributed by atoms with Crippen LogP contribution in [0.2, 0.25) is 0 Å². The minimum Gasteiger partial charge on any atom is -0.464 e. The average molecular weight is 336 g/mol. The number of fused-ring (bicyclic) bond motifs is 1. The molecule has 5 nitrogen and oxygen atoms in total. The van der Waals surface area contributed by atoms with E-state index in [4.69, 9.17) is 4.74 Å². The first-order valence-electron chi connectivity index (χ1n) is 8.08. The average Bonchev–Trinajstić information content (AvgIpc) is 2.91. The number of esters is 1. The molecule has 0 fully saturated rings. The highest BCUT2D eigenvalue weighted by Crippen LogP contribution is 2.25. The number of nitrogens with zero attached hydrogens (tertiary/aromatic N) is 2. The third-order valence-electron chi connectivity index (χ3n) is 3.84. The van der Waals surface area contributed by atoms with Gasteiger partial charge in [-0.25, -0.2) is 9.78 Å². The first-order chi connectivity index (χ1) is 10.9. The van der Waals surface area contributed by atoms with Crippen LogP contribution < -0.4 is 5.56 Å². The van der Waals surface area contributed by atoms with Gasteiger partial charge in [-0.2, -0.15) is 0 Å². The van der Waals surface area contributed by atoms with Crippen LogP contribution in [0.1, 0.15) is 51.7 Å². The van der Waals surface area contributed by atoms with Crippen molar-refractivity contribution in [3.63, 3.8) is 0 Å². The normalized spacial score (nSPS) is 11.9. The van der Waals surface area contributed by atoms with Gasteiger partial charge in [0.1, 0.15) is 16.2 Å². The molecule has 0 saturated heterocycles. The molecule has 0 saturated carbocycles. The molecule has 0 radical (unpaired) electrons. The second kappa shape index (κ2) is 6.83. The Morgan fingerprint density at radius 3 is 2.61 bits per heavy atom. The Kier molecular flexibility index (Phi) is 5.24. The predicted molar refractivity (Wildman–Crippen MR) is 93.2 cm³/mol. The lowest BCUT2D eigenvalue weighted by atomic mass is 10.0. The third-order valence-corrected chi connectivity index (χ3v) is 5.02. The zero-order valence-electron chi connectivity index (χ0n) is 14.4. The molecule has 0 aromatic carbocycles. The molecular formula is C17H24N2O3S. The summed E-state index contributed by atoms with van der Waals surface area (Å²) < 4.78 is 6.68. The largest absolute Gasteiger partial charge is 0.464 e. The van der Waals surface area contributed by atoms with E-state index in [9.17, 15) is 9.59 Å². The van der Waals surface area contributed by atoms with E-state index < -0.39 is 11.5 Å². The summed E-state index contributed by atoms with van der Waals surface area (Å²) in [5.74, 6) is 0.235. The number of hydrogen-bond donors (Lipinski definition) is 0. The number of aryl methyl sites for hydroxylation is 2. The Hall–Kier alpha value is -1.69. The number of hydrogen-bond acceptors (Lipinski definition) is 5. The number of carbonyl (C=O) groups excluding carboxylic acids is 1. The Bertz CT molecular complexity index is 774. The lowest BCUT2D eigenvalue weighted by Crippen LogP contribution is -2.45. The summed E-state index contributed by atoms with van der Waals surface area (Å²) in [5, 5.41) is 0.587. The fraction of sp³-hybridized carbons (Fsp3) is 0.588. The molecule has 0 unspecified atom stereocenters. The van der Waals surface area contributed by atoms with Gasteiger partial charge < -0.3 is 4.74 Å². The summed E-state index contributed by atoms with van der Waals surface area (Å²) in [7, 11) is 0. The molecule has 0 N–H and O–H groups in total. The van der Waals surface area contributed by atoms with Gasteiger partial charge in [-0.3, -0.25) is 9.36 Å². The highest BCUT2D eigenvalue weighted by atomic mass is 32.1. The van der Waals surface area contributed by atoms with Crippen molar-refractivity contribution in [2.75, 3.05) is 6.61 Å². The number of ether oxygens (including phenoxy) is 1. The first-order valence-corrected chi connectivity index (χ1v) is 8.90. The number of aromatic nitrogens is 2. The molecular weight excluding hydrogens is 312 g/mol. The molecule has 0 aliphatic carbocycles. The van der Waals surface area contributed by atoms with E-state index in [-0.39, 0.29) is 12.2 Å². The first kappa shape index (κ1) is 17.7. The van der Waals surface area contributed by atoms with E-state index in [0.29, 0.717) is 17.6 Å². The van der Waals surface area contributed by atoms with Crippen LogP contribution in [-0.2, 0) is 27.9 Å². The molecule has 0 bridgehead atoms. The van der Waals surface area contributed by atoms with Gasteiger partial charge in [0, 0.05) is 11.3 Å². The van der Waals surface area contributed by atoms with Gasteiger partial charge in [-0.05, 0) is 39.7 Å². The second-order valence-corrected chi connectivity index (χ2v) is 7.10. The van der Waals surface area contributed by atoms with E-state index in [0.717, 1.165) is 22.5 Å². The Labute approximate surface area is 140 Å².